The van der Waals surface area contributed by atoms with Crippen LogP contribution in [0.2, 0.25) is 0 Å². The van der Waals surface area contributed by atoms with Gasteiger partial charge in [0.2, 0.25) is 5.91 Å². The molecule has 1 unspecified atom stereocenters. The fourth-order valence-electron chi connectivity index (χ4n) is 1.90. The van der Waals surface area contributed by atoms with Crippen LogP contribution in [-0.2, 0) is 11.3 Å². The third-order valence-corrected chi connectivity index (χ3v) is 3.28. The van der Waals surface area contributed by atoms with Gasteiger partial charge in [0.25, 0.3) is 0 Å². The molecule has 0 spiro atoms. The fourth-order valence-corrected chi connectivity index (χ4v) is 1.90. The van der Waals surface area contributed by atoms with Crippen LogP contribution in [0.5, 0.6) is 0 Å². The van der Waals surface area contributed by atoms with E-state index in [2.05, 4.69) is 5.10 Å². The zero-order chi connectivity index (χ0) is 14.7. The minimum atomic E-state index is -0.290. The monoisotopic (exact) mass is 276 g/mol. The number of benzene rings is 1. The molecule has 1 aromatic carbocycles. The van der Waals surface area contributed by atoms with Crippen molar-refractivity contribution < 1.29 is 9.18 Å². The van der Waals surface area contributed by atoms with Crippen molar-refractivity contribution in [2.75, 3.05) is 12.8 Å². The van der Waals surface area contributed by atoms with Gasteiger partial charge >= 0.3 is 0 Å². The molecule has 2 rings (SSSR count). The largest absolute Gasteiger partial charge is 0.396 e. The summed E-state index contributed by atoms with van der Waals surface area (Å²) in [5.41, 5.74) is 6.95. The molecule has 1 amide bonds. The number of carbonyl (C=O) groups is 1. The summed E-state index contributed by atoms with van der Waals surface area (Å²) in [5, 5.41) is 3.98. The smallest absolute Gasteiger partial charge is 0.244 e. The minimum Gasteiger partial charge on any atom is -0.396 e. The van der Waals surface area contributed by atoms with Gasteiger partial charge in [-0.3, -0.25) is 9.48 Å². The van der Waals surface area contributed by atoms with Crippen LogP contribution in [0, 0.1) is 5.82 Å². The van der Waals surface area contributed by atoms with Gasteiger partial charge in [-0.25, -0.2) is 4.39 Å². The second kappa shape index (κ2) is 5.73. The number of carbonyl (C=O) groups excluding carboxylic acids is 1. The first-order chi connectivity index (χ1) is 9.47. The van der Waals surface area contributed by atoms with Gasteiger partial charge in [-0.2, -0.15) is 5.10 Å². The average Bonchev–Trinajstić information content (AvgIpc) is 2.83. The molecule has 0 aliphatic rings. The van der Waals surface area contributed by atoms with E-state index in [1.165, 1.54) is 23.0 Å². The van der Waals surface area contributed by atoms with Crippen LogP contribution in [0.1, 0.15) is 18.5 Å². The number of halogens is 1. The number of rotatable bonds is 4. The molecule has 1 aromatic heterocycles. The van der Waals surface area contributed by atoms with E-state index in [0.717, 1.165) is 5.56 Å². The number of anilines is 1. The highest BCUT2D eigenvalue weighted by atomic mass is 19.1. The Bertz CT molecular complexity index is 593. The molecule has 5 nitrogen and oxygen atoms in total. The fraction of sp³-hybridized carbons (Fsp3) is 0.286. The summed E-state index contributed by atoms with van der Waals surface area (Å²) in [5.74, 6) is -0.383. The maximum absolute atomic E-state index is 12.9. The van der Waals surface area contributed by atoms with Gasteiger partial charge in [-0.1, -0.05) is 12.1 Å². The minimum absolute atomic E-state index is 0.0927. The molecule has 6 heteroatoms. The van der Waals surface area contributed by atoms with E-state index in [9.17, 15) is 9.18 Å². The lowest BCUT2D eigenvalue weighted by Gasteiger charge is -2.25. The number of nitrogens with two attached hydrogens (primary N) is 1. The van der Waals surface area contributed by atoms with Crippen LogP contribution < -0.4 is 5.73 Å². The van der Waals surface area contributed by atoms with Crippen molar-refractivity contribution in [1.29, 1.82) is 0 Å². The zero-order valence-electron chi connectivity index (χ0n) is 11.5. The first-order valence-corrected chi connectivity index (χ1v) is 6.26. The van der Waals surface area contributed by atoms with Crippen LogP contribution >= 0.6 is 0 Å². The molecule has 0 saturated carbocycles. The highest BCUT2D eigenvalue weighted by Gasteiger charge is 2.18. The predicted octanol–water partition coefficient (Wildman–Crippen LogP) is 1.82. The van der Waals surface area contributed by atoms with E-state index in [0.29, 0.717) is 5.69 Å². The molecule has 0 bridgehead atoms. The normalized spacial score (nSPS) is 12.2. The quantitative estimate of drug-likeness (QED) is 0.926. The summed E-state index contributed by atoms with van der Waals surface area (Å²) < 4.78 is 14.4. The second-order valence-electron chi connectivity index (χ2n) is 4.70. The maximum atomic E-state index is 12.9. The molecule has 0 aliphatic heterocycles. The van der Waals surface area contributed by atoms with E-state index in [1.54, 1.807) is 30.3 Å². The third kappa shape index (κ3) is 3.14. The molecule has 2 N–H and O–H groups in total. The SMILES string of the molecule is CC(c1ccc(F)cc1)N(C)C(=O)Cn1cc(N)cn1. The Morgan fingerprint density at radius 1 is 1.45 bits per heavy atom. The number of nitrogen functional groups attached to an aromatic ring is 1. The molecular weight excluding hydrogens is 259 g/mol. The second-order valence-corrected chi connectivity index (χ2v) is 4.70. The molecular formula is C14H17FN4O. The van der Waals surface area contributed by atoms with Gasteiger partial charge in [-0.05, 0) is 24.6 Å². The van der Waals surface area contributed by atoms with E-state index in [-0.39, 0.29) is 24.3 Å². The summed E-state index contributed by atoms with van der Waals surface area (Å²) in [4.78, 5) is 13.8. The van der Waals surface area contributed by atoms with Gasteiger partial charge in [0.1, 0.15) is 12.4 Å². The Labute approximate surface area is 116 Å². The van der Waals surface area contributed by atoms with Crippen molar-refractivity contribution >= 4 is 11.6 Å². The number of hydrogen-bond donors (Lipinski definition) is 1. The van der Waals surface area contributed by atoms with Crippen molar-refractivity contribution in [3.8, 4) is 0 Å². The number of likely N-dealkylation sites (N-methyl/N-ethyl adjacent to an activating group) is 1. The van der Waals surface area contributed by atoms with Crippen molar-refractivity contribution in [2.45, 2.75) is 19.5 Å². The lowest BCUT2D eigenvalue weighted by Crippen LogP contribution is -2.32. The molecule has 0 aliphatic carbocycles. The number of amides is 1. The molecule has 2 aromatic rings. The number of nitrogens with zero attached hydrogens (tertiary/aromatic N) is 3. The zero-order valence-corrected chi connectivity index (χ0v) is 11.5. The lowest BCUT2D eigenvalue weighted by molar-refractivity contribution is -0.132. The van der Waals surface area contributed by atoms with Crippen molar-refractivity contribution in [3.05, 3.63) is 48.0 Å². The van der Waals surface area contributed by atoms with Crippen LogP contribution in [0.3, 0.4) is 0 Å². The molecule has 1 atom stereocenters. The molecule has 0 radical (unpaired) electrons. The highest BCUT2D eigenvalue weighted by Crippen LogP contribution is 2.19. The predicted molar refractivity (Wildman–Crippen MR) is 74.2 cm³/mol. The van der Waals surface area contributed by atoms with Gasteiger partial charge in [-0.15, -0.1) is 0 Å². The first-order valence-electron chi connectivity index (χ1n) is 6.26. The van der Waals surface area contributed by atoms with Gasteiger partial charge < -0.3 is 10.6 Å². The highest BCUT2D eigenvalue weighted by molar-refractivity contribution is 5.76. The number of hydrogen-bond acceptors (Lipinski definition) is 3. The Kier molecular flexibility index (Phi) is 4.02. The van der Waals surface area contributed by atoms with Gasteiger partial charge in [0.05, 0.1) is 17.9 Å². The Balaban J connectivity index is 2.04. The van der Waals surface area contributed by atoms with Crippen LogP contribution in [-0.4, -0.2) is 27.6 Å². The Morgan fingerprint density at radius 2 is 2.10 bits per heavy atom. The molecule has 20 heavy (non-hydrogen) atoms. The Hall–Kier alpha value is -2.37. The van der Waals surface area contributed by atoms with E-state index >= 15 is 0 Å². The third-order valence-electron chi connectivity index (χ3n) is 3.28. The molecule has 0 saturated heterocycles. The van der Waals surface area contributed by atoms with E-state index < -0.39 is 0 Å². The summed E-state index contributed by atoms with van der Waals surface area (Å²) in [6, 6.07) is 5.98. The molecule has 0 fully saturated rings. The van der Waals surface area contributed by atoms with Gasteiger partial charge in [0, 0.05) is 13.2 Å². The topological polar surface area (TPSA) is 64.2 Å². The first kappa shape index (κ1) is 14.0. The number of aromatic nitrogens is 2. The van der Waals surface area contributed by atoms with E-state index in [1.807, 2.05) is 6.92 Å². The summed E-state index contributed by atoms with van der Waals surface area (Å²) >= 11 is 0. The van der Waals surface area contributed by atoms with E-state index in [4.69, 9.17) is 5.73 Å². The van der Waals surface area contributed by atoms with Crippen molar-refractivity contribution in [1.82, 2.24) is 14.7 Å². The van der Waals surface area contributed by atoms with Crippen molar-refractivity contribution in [2.24, 2.45) is 0 Å². The van der Waals surface area contributed by atoms with Crippen molar-refractivity contribution in [3.63, 3.8) is 0 Å². The van der Waals surface area contributed by atoms with Crippen LogP contribution in [0.25, 0.3) is 0 Å². The van der Waals surface area contributed by atoms with Crippen LogP contribution in [0.15, 0.2) is 36.7 Å². The molecule has 106 valence electrons. The lowest BCUT2D eigenvalue weighted by atomic mass is 10.1. The summed E-state index contributed by atoms with van der Waals surface area (Å²) in [7, 11) is 1.71. The Morgan fingerprint density at radius 3 is 2.65 bits per heavy atom. The summed E-state index contributed by atoms with van der Waals surface area (Å²) in [6.45, 7) is 2.02. The van der Waals surface area contributed by atoms with Crippen LogP contribution in [0.4, 0.5) is 10.1 Å². The maximum Gasteiger partial charge on any atom is 0.244 e. The molecule has 1 heterocycles. The van der Waals surface area contributed by atoms with Gasteiger partial charge in [0.15, 0.2) is 0 Å². The summed E-state index contributed by atoms with van der Waals surface area (Å²) in [6.07, 6.45) is 3.10. The standard InChI is InChI=1S/C14H17FN4O/c1-10(11-3-5-12(15)6-4-11)18(2)14(20)9-19-8-13(16)7-17-19/h3-8,10H,9,16H2,1-2H3. The average molecular weight is 276 g/mol.